The Hall–Kier alpha value is -0.850. The molecule has 0 aliphatic heterocycles. The third kappa shape index (κ3) is 3.57. The molecule has 1 rings (SSSR count). The smallest absolute Gasteiger partial charge is 0.266 e. The number of H-pyrrole nitrogens is 1. The number of halogens is 1. The molecule has 0 aliphatic rings. The zero-order chi connectivity index (χ0) is 14.1. The van der Waals surface area contributed by atoms with E-state index in [1.54, 1.807) is 6.92 Å². The first kappa shape index (κ1) is 15.2. The Bertz CT molecular complexity index is 587. The van der Waals surface area contributed by atoms with Crippen LogP contribution in [0.15, 0.2) is 22.0 Å². The lowest BCUT2D eigenvalue weighted by Crippen LogP contribution is -2.41. The van der Waals surface area contributed by atoms with Crippen LogP contribution in [-0.2, 0) is 10.0 Å². The first-order valence-corrected chi connectivity index (χ1v) is 7.31. The van der Waals surface area contributed by atoms with Crippen molar-refractivity contribution >= 4 is 21.6 Å². The summed E-state index contributed by atoms with van der Waals surface area (Å²) in [6.45, 7) is 7.57. The predicted molar refractivity (Wildman–Crippen MR) is 71.3 cm³/mol. The monoisotopic (exact) mass is 292 g/mol. The van der Waals surface area contributed by atoms with Gasteiger partial charge in [0.1, 0.15) is 5.02 Å². The van der Waals surface area contributed by atoms with E-state index in [0.29, 0.717) is 0 Å². The normalized spacial score (nSPS) is 14.5. The molecule has 0 saturated heterocycles. The molecule has 0 amide bonds. The van der Waals surface area contributed by atoms with Crippen LogP contribution in [0.2, 0.25) is 5.02 Å². The molecule has 7 heteroatoms. The second kappa shape index (κ2) is 5.03. The Labute approximate surface area is 112 Å². The number of hydrogen-bond donors (Lipinski definition) is 2. The SMILES string of the molecule is CC(NS(=O)(=O)c1c[nH]c(=O)c(Cl)c1)C(C)(C)C. The molecule has 1 heterocycles. The molecule has 0 saturated carbocycles. The molecule has 0 aromatic carbocycles. The van der Waals surface area contributed by atoms with Crippen molar-refractivity contribution < 1.29 is 8.42 Å². The highest BCUT2D eigenvalue weighted by atomic mass is 35.5. The summed E-state index contributed by atoms with van der Waals surface area (Å²) in [4.78, 5) is 13.3. The van der Waals surface area contributed by atoms with E-state index in [2.05, 4.69) is 9.71 Å². The molecule has 1 unspecified atom stereocenters. The molecule has 5 nitrogen and oxygen atoms in total. The Balaban J connectivity index is 3.08. The van der Waals surface area contributed by atoms with Crippen molar-refractivity contribution in [3.8, 4) is 0 Å². The molecule has 0 bridgehead atoms. The van der Waals surface area contributed by atoms with Crippen LogP contribution in [-0.4, -0.2) is 19.4 Å². The first-order chi connectivity index (χ1) is 8.04. The van der Waals surface area contributed by atoms with Gasteiger partial charge < -0.3 is 4.98 Å². The second-order valence-corrected chi connectivity index (χ2v) is 7.34. The average molecular weight is 293 g/mol. The molecule has 2 N–H and O–H groups in total. The van der Waals surface area contributed by atoms with Gasteiger partial charge >= 0.3 is 0 Å². The van der Waals surface area contributed by atoms with Gasteiger partial charge in [0.15, 0.2) is 0 Å². The summed E-state index contributed by atoms with van der Waals surface area (Å²) < 4.78 is 26.7. The van der Waals surface area contributed by atoms with Crippen LogP contribution in [0.1, 0.15) is 27.7 Å². The zero-order valence-corrected chi connectivity index (χ0v) is 12.3. The van der Waals surface area contributed by atoms with Crippen LogP contribution in [0.4, 0.5) is 0 Å². The summed E-state index contributed by atoms with van der Waals surface area (Å²) in [5.41, 5.74) is -0.724. The minimum absolute atomic E-state index is 0.0526. The van der Waals surface area contributed by atoms with Crippen LogP contribution in [0.5, 0.6) is 0 Å². The van der Waals surface area contributed by atoms with Crippen LogP contribution >= 0.6 is 11.6 Å². The summed E-state index contributed by atoms with van der Waals surface area (Å²) in [5.74, 6) is 0. The lowest BCUT2D eigenvalue weighted by molar-refractivity contribution is 0.317. The second-order valence-electron chi connectivity index (χ2n) is 5.22. The van der Waals surface area contributed by atoms with Gasteiger partial charge in [0.2, 0.25) is 10.0 Å². The molecular formula is C11H17ClN2O3S. The first-order valence-electron chi connectivity index (χ1n) is 5.44. The van der Waals surface area contributed by atoms with Gasteiger partial charge in [-0.05, 0) is 18.4 Å². The minimum Gasteiger partial charge on any atom is -0.326 e. The third-order valence-corrected chi connectivity index (χ3v) is 4.57. The van der Waals surface area contributed by atoms with E-state index >= 15 is 0 Å². The van der Waals surface area contributed by atoms with Crippen LogP contribution < -0.4 is 10.3 Å². The molecule has 1 aromatic rings. The van der Waals surface area contributed by atoms with Gasteiger partial charge in [-0.3, -0.25) is 4.79 Å². The molecule has 18 heavy (non-hydrogen) atoms. The quantitative estimate of drug-likeness (QED) is 0.890. The number of aromatic nitrogens is 1. The number of nitrogens with one attached hydrogen (secondary N) is 2. The molecule has 1 atom stereocenters. The van der Waals surface area contributed by atoms with Crippen molar-refractivity contribution in [2.24, 2.45) is 5.41 Å². The Morgan fingerprint density at radius 2 is 1.94 bits per heavy atom. The lowest BCUT2D eigenvalue weighted by Gasteiger charge is -2.27. The van der Waals surface area contributed by atoms with Crippen LogP contribution in [0.25, 0.3) is 0 Å². The van der Waals surface area contributed by atoms with Gasteiger partial charge in [-0.1, -0.05) is 32.4 Å². The lowest BCUT2D eigenvalue weighted by atomic mass is 9.89. The van der Waals surface area contributed by atoms with E-state index < -0.39 is 15.6 Å². The van der Waals surface area contributed by atoms with Crippen molar-refractivity contribution in [3.05, 3.63) is 27.6 Å². The molecule has 1 aromatic heterocycles. The number of sulfonamides is 1. The van der Waals surface area contributed by atoms with Gasteiger partial charge in [-0.2, -0.15) is 0 Å². The maximum atomic E-state index is 12.1. The van der Waals surface area contributed by atoms with E-state index in [1.807, 2.05) is 20.8 Å². The van der Waals surface area contributed by atoms with Gasteiger partial charge in [-0.15, -0.1) is 0 Å². The van der Waals surface area contributed by atoms with E-state index in [9.17, 15) is 13.2 Å². The molecule has 102 valence electrons. The van der Waals surface area contributed by atoms with Crippen molar-refractivity contribution in [1.29, 1.82) is 0 Å². The maximum Gasteiger partial charge on any atom is 0.266 e. The Morgan fingerprint density at radius 3 is 2.39 bits per heavy atom. The van der Waals surface area contributed by atoms with Crippen molar-refractivity contribution in [3.63, 3.8) is 0 Å². The Morgan fingerprint density at radius 1 is 1.39 bits per heavy atom. The highest BCUT2D eigenvalue weighted by Crippen LogP contribution is 2.21. The molecular weight excluding hydrogens is 276 g/mol. The zero-order valence-electron chi connectivity index (χ0n) is 10.7. The van der Waals surface area contributed by atoms with Crippen molar-refractivity contribution in [2.45, 2.75) is 38.6 Å². The summed E-state index contributed by atoms with van der Waals surface area (Å²) in [6.07, 6.45) is 1.13. The molecule has 0 spiro atoms. The Kier molecular flexibility index (Phi) is 4.25. The van der Waals surface area contributed by atoms with E-state index in [-0.39, 0.29) is 21.4 Å². The fourth-order valence-corrected chi connectivity index (χ4v) is 2.75. The number of rotatable bonds is 3. The number of pyridine rings is 1. The summed E-state index contributed by atoms with van der Waals surface area (Å²) in [7, 11) is -3.69. The van der Waals surface area contributed by atoms with Crippen molar-refractivity contribution in [2.75, 3.05) is 0 Å². The third-order valence-electron chi connectivity index (χ3n) is 2.77. The van der Waals surface area contributed by atoms with Gasteiger partial charge in [0.25, 0.3) is 5.56 Å². The molecule has 0 fully saturated rings. The van der Waals surface area contributed by atoms with E-state index in [4.69, 9.17) is 11.6 Å². The molecule has 0 radical (unpaired) electrons. The van der Waals surface area contributed by atoms with Gasteiger partial charge in [-0.25, -0.2) is 13.1 Å². The highest BCUT2D eigenvalue weighted by molar-refractivity contribution is 7.89. The molecule has 0 aliphatic carbocycles. The number of aromatic amines is 1. The van der Waals surface area contributed by atoms with E-state index in [1.165, 1.54) is 0 Å². The van der Waals surface area contributed by atoms with Gasteiger partial charge in [0.05, 0.1) is 4.90 Å². The summed E-state index contributed by atoms with van der Waals surface area (Å²) in [5, 5.41) is -0.152. The van der Waals surface area contributed by atoms with Crippen LogP contribution in [0, 0.1) is 5.41 Å². The van der Waals surface area contributed by atoms with Gasteiger partial charge in [0, 0.05) is 12.2 Å². The topological polar surface area (TPSA) is 79.0 Å². The average Bonchev–Trinajstić information content (AvgIpc) is 2.19. The maximum absolute atomic E-state index is 12.1. The highest BCUT2D eigenvalue weighted by Gasteiger charge is 2.26. The summed E-state index contributed by atoms with van der Waals surface area (Å²) in [6, 6.07) is 0.881. The number of hydrogen-bond acceptors (Lipinski definition) is 3. The summed E-state index contributed by atoms with van der Waals surface area (Å²) >= 11 is 5.61. The van der Waals surface area contributed by atoms with Crippen LogP contribution in [0.3, 0.4) is 0 Å². The largest absolute Gasteiger partial charge is 0.326 e. The fourth-order valence-electron chi connectivity index (χ4n) is 1.07. The minimum atomic E-state index is -3.69. The van der Waals surface area contributed by atoms with Crippen molar-refractivity contribution in [1.82, 2.24) is 9.71 Å². The van der Waals surface area contributed by atoms with E-state index in [0.717, 1.165) is 12.3 Å². The predicted octanol–water partition coefficient (Wildman–Crippen LogP) is 1.74. The standard InChI is InChI=1S/C11H17ClN2O3S/c1-7(11(2,3)4)14-18(16,17)8-5-9(12)10(15)13-6-8/h5-7,14H,1-4H3,(H,13,15). The fraction of sp³-hybridized carbons (Fsp3) is 0.545.